The van der Waals surface area contributed by atoms with E-state index in [0.29, 0.717) is 0 Å². The van der Waals surface area contributed by atoms with Gasteiger partial charge < -0.3 is 0 Å². The van der Waals surface area contributed by atoms with Crippen LogP contribution in [0.15, 0.2) is 11.6 Å². The molecule has 0 amide bonds. The maximum atomic E-state index is 2.56. The van der Waals surface area contributed by atoms with Crippen LogP contribution in [0.4, 0.5) is 0 Å². The third-order valence-electron chi connectivity index (χ3n) is 2.70. The molecule has 0 aliphatic carbocycles. The minimum Gasteiger partial charge on any atom is -0.300 e. The summed E-state index contributed by atoms with van der Waals surface area (Å²) in [6.07, 6.45) is 7.82. The first-order valence-electron chi connectivity index (χ1n) is 5.21. The van der Waals surface area contributed by atoms with Gasteiger partial charge in [-0.05, 0) is 39.3 Å². The summed E-state index contributed by atoms with van der Waals surface area (Å²) < 4.78 is 0. The minimum atomic E-state index is 1.18. The summed E-state index contributed by atoms with van der Waals surface area (Å²) in [6, 6.07) is 0. The second-order valence-corrected chi connectivity index (χ2v) is 3.77. The van der Waals surface area contributed by atoms with E-state index >= 15 is 0 Å². The van der Waals surface area contributed by atoms with Crippen molar-refractivity contribution in [3.63, 3.8) is 0 Å². The first kappa shape index (κ1) is 9.79. The van der Waals surface area contributed by atoms with Crippen LogP contribution < -0.4 is 0 Å². The van der Waals surface area contributed by atoms with E-state index in [1.807, 2.05) is 0 Å². The van der Waals surface area contributed by atoms with Gasteiger partial charge in [-0.15, -0.1) is 0 Å². The highest BCUT2D eigenvalue weighted by molar-refractivity contribution is 4.98. The van der Waals surface area contributed by atoms with Crippen molar-refractivity contribution in [2.75, 3.05) is 19.6 Å². The quantitative estimate of drug-likeness (QED) is 0.584. The third-order valence-corrected chi connectivity index (χ3v) is 2.70. The van der Waals surface area contributed by atoms with E-state index in [0.717, 1.165) is 0 Å². The molecular weight excluding hydrogens is 146 g/mol. The molecule has 0 saturated carbocycles. The van der Waals surface area contributed by atoms with Crippen LogP contribution in [0, 0.1) is 0 Å². The summed E-state index contributed by atoms with van der Waals surface area (Å²) in [5, 5.41) is 0. The Bertz CT molecular complexity index is 143. The van der Waals surface area contributed by atoms with Gasteiger partial charge in [-0.3, -0.25) is 4.90 Å². The largest absolute Gasteiger partial charge is 0.300 e. The molecule has 70 valence electrons. The lowest BCUT2D eigenvalue weighted by Crippen LogP contribution is -2.29. The third kappa shape index (κ3) is 3.40. The molecule has 1 heterocycles. The van der Waals surface area contributed by atoms with Crippen LogP contribution in [-0.4, -0.2) is 24.5 Å². The fourth-order valence-electron chi connectivity index (χ4n) is 1.57. The van der Waals surface area contributed by atoms with Crippen molar-refractivity contribution < 1.29 is 0 Å². The first-order chi connectivity index (χ1) is 5.83. The number of rotatable bonds is 3. The van der Waals surface area contributed by atoms with E-state index < -0.39 is 0 Å². The highest BCUT2D eigenvalue weighted by Crippen LogP contribution is 2.09. The Morgan fingerprint density at radius 2 is 1.92 bits per heavy atom. The molecule has 1 saturated heterocycles. The second-order valence-electron chi connectivity index (χ2n) is 3.77. The lowest BCUT2D eigenvalue weighted by atomic mass is 10.1. The van der Waals surface area contributed by atoms with Crippen molar-refractivity contribution in [1.82, 2.24) is 4.90 Å². The van der Waals surface area contributed by atoms with E-state index in [4.69, 9.17) is 0 Å². The summed E-state index contributed by atoms with van der Waals surface area (Å²) in [4.78, 5) is 2.56. The molecule has 0 atom stereocenters. The molecule has 1 heteroatoms. The molecule has 0 unspecified atom stereocenters. The molecule has 0 aromatic heterocycles. The maximum Gasteiger partial charge on any atom is 0.0165 e. The molecular formula is C11H21N. The summed E-state index contributed by atoms with van der Waals surface area (Å²) in [5.41, 5.74) is 1.53. The summed E-state index contributed by atoms with van der Waals surface area (Å²) in [6.45, 7) is 8.26. The Morgan fingerprint density at radius 3 is 2.50 bits per heavy atom. The number of nitrogens with zero attached hydrogens (tertiary/aromatic N) is 1. The van der Waals surface area contributed by atoms with Gasteiger partial charge in [0, 0.05) is 6.54 Å². The van der Waals surface area contributed by atoms with Crippen LogP contribution in [0.1, 0.15) is 39.5 Å². The van der Waals surface area contributed by atoms with Gasteiger partial charge in [0.05, 0.1) is 0 Å². The van der Waals surface area contributed by atoms with E-state index in [9.17, 15) is 0 Å². The molecule has 1 nitrogen and oxygen atoms in total. The molecule has 0 spiro atoms. The first-order valence-corrected chi connectivity index (χ1v) is 5.21. The topological polar surface area (TPSA) is 3.24 Å². The molecule has 1 aliphatic heterocycles. The molecule has 1 fully saturated rings. The summed E-state index contributed by atoms with van der Waals surface area (Å²) >= 11 is 0. The second kappa shape index (κ2) is 5.36. The average Bonchev–Trinajstić information content (AvgIpc) is 2.16. The Morgan fingerprint density at radius 1 is 1.25 bits per heavy atom. The molecule has 0 N–H and O–H groups in total. The highest BCUT2D eigenvalue weighted by Gasteiger charge is 2.07. The van der Waals surface area contributed by atoms with Crippen molar-refractivity contribution in [3.8, 4) is 0 Å². The van der Waals surface area contributed by atoms with Crippen molar-refractivity contribution in [1.29, 1.82) is 0 Å². The number of likely N-dealkylation sites (tertiary alicyclic amines) is 1. The van der Waals surface area contributed by atoms with Crippen LogP contribution in [0.2, 0.25) is 0 Å². The van der Waals surface area contributed by atoms with Crippen LogP contribution in [-0.2, 0) is 0 Å². The fraction of sp³-hybridized carbons (Fsp3) is 0.818. The zero-order chi connectivity index (χ0) is 8.81. The lowest BCUT2D eigenvalue weighted by Gasteiger charge is -2.25. The minimum absolute atomic E-state index is 1.18. The van der Waals surface area contributed by atoms with Gasteiger partial charge in [0.15, 0.2) is 0 Å². The molecule has 0 bridgehead atoms. The normalized spacial score (nSPS) is 21.3. The van der Waals surface area contributed by atoms with Gasteiger partial charge in [-0.1, -0.05) is 25.0 Å². The number of hydrogen-bond donors (Lipinski definition) is 0. The van der Waals surface area contributed by atoms with Gasteiger partial charge in [-0.2, -0.15) is 0 Å². The van der Waals surface area contributed by atoms with Gasteiger partial charge in [0.2, 0.25) is 0 Å². The molecule has 0 aromatic carbocycles. The zero-order valence-corrected chi connectivity index (χ0v) is 8.47. The number of allylic oxidation sites excluding steroid dienone is 1. The predicted molar refractivity (Wildman–Crippen MR) is 54.3 cm³/mol. The van der Waals surface area contributed by atoms with Crippen LogP contribution >= 0.6 is 0 Å². The Balaban J connectivity index is 2.21. The Labute approximate surface area is 76.5 Å². The van der Waals surface area contributed by atoms with Gasteiger partial charge in [0.1, 0.15) is 0 Å². The molecule has 0 aromatic rings. The zero-order valence-electron chi connectivity index (χ0n) is 8.47. The van der Waals surface area contributed by atoms with Gasteiger partial charge in [-0.25, -0.2) is 0 Å². The van der Waals surface area contributed by atoms with E-state index in [2.05, 4.69) is 24.8 Å². The van der Waals surface area contributed by atoms with E-state index in [-0.39, 0.29) is 0 Å². The standard InChI is InChI=1S/C11H21N/c1-3-11(2)7-10-12-8-5-4-6-9-12/h7H,3-6,8-10H2,1-2H3. The molecule has 1 rings (SSSR count). The SMILES string of the molecule is CCC(C)=CCN1CCCCC1. The highest BCUT2D eigenvalue weighted by atomic mass is 15.1. The Hall–Kier alpha value is -0.300. The van der Waals surface area contributed by atoms with Crippen LogP contribution in [0.3, 0.4) is 0 Å². The summed E-state index contributed by atoms with van der Waals surface area (Å²) in [7, 11) is 0. The average molecular weight is 167 g/mol. The van der Waals surface area contributed by atoms with Crippen molar-refractivity contribution >= 4 is 0 Å². The van der Waals surface area contributed by atoms with E-state index in [1.165, 1.54) is 50.9 Å². The maximum absolute atomic E-state index is 2.56. The van der Waals surface area contributed by atoms with Crippen LogP contribution in [0.25, 0.3) is 0 Å². The molecule has 12 heavy (non-hydrogen) atoms. The smallest absolute Gasteiger partial charge is 0.0165 e. The Kier molecular flexibility index (Phi) is 4.37. The summed E-state index contributed by atoms with van der Waals surface area (Å²) in [5.74, 6) is 0. The van der Waals surface area contributed by atoms with Crippen molar-refractivity contribution in [2.24, 2.45) is 0 Å². The number of piperidine rings is 1. The lowest BCUT2D eigenvalue weighted by molar-refractivity contribution is 0.251. The van der Waals surface area contributed by atoms with Gasteiger partial charge in [0.25, 0.3) is 0 Å². The van der Waals surface area contributed by atoms with Crippen LogP contribution in [0.5, 0.6) is 0 Å². The van der Waals surface area contributed by atoms with E-state index in [1.54, 1.807) is 0 Å². The van der Waals surface area contributed by atoms with Crippen molar-refractivity contribution in [3.05, 3.63) is 11.6 Å². The molecule has 1 aliphatic rings. The monoisotopic (exact) mass is 167 g/mol. The van der Waals surface area contributed by atoms with Crippen molar-refractivity contribution in [2.45, 2.75) is 39.5 Å². The predicted octanol–water partition coefficient (Wildman–Crippen LogP) is 2.83. The molecule has 0 radical (unpaired) electrons. The van der Waals surface area contributed by atoms with Gasteiger partial charge >= 0.3 is 0 Å². The number of hydrogen-bond acceptors (Lipinski definition) is 1. The fourth-order valence-corrected chi connectivity index (χ4v) is 1.57.